The molecular weight excluding hydrogens is 420 g/mol. The van der Waals surface area contributed by atoms with Crippen LogP contribution in [0.5, 0.6) is 0 Å². The summed E-state index contributed by atoms with van der Waals surface area (Å²) >= 11 is 0. The van der Waals surface area contributed by atoms with Crippen LogP contribution in [0, 0.1) is 27.7 Å². The van der Waals surface area contributed by atoms with Crippen molar-refractivity contribution in [2.75, 3.05) is 18.4 Å². The van der Waals surface area contributed by atoms with Gasteiger partial charge in [0.1, 0.15) is 0 Å². The monoisotopic (exact) mass is 450 g/mol. The van der Waals surface area contributed by atoms with Crippen LogP contribution in [0.25, 0.3) is 0 Å². The number of hydrogen-bond donors (Lipinski definition) is 1. The van der Waals surface area contributed by atoms with Crippen LogP contribution < -0.4 is 5.32 Å². The molecule has 5 nitrogen and oxygen atoms in total. The molecule has 3 aromatic rings. The minimum atomic E-state index is -3.87. The van der Waals surface area contributed by atoms with Crippen molar-refractivity contribution in [3.05, 3.63) is 94.5 Å². The van der Waals surface area contributed by atoms with Crippen molar-refractivity contribution in [2.24, 2.45) is 0 Å². The second-order valence-electron chi connectivity index (χ2n) is 8.17. The van der Waals surface area contributed by atoms with E-state index in [-0.39, 0.29) is 23.9 Å². The van der Waals surface area contributed by atoms with Crippen LogP contribution in [-0.4, -0.2) is 31.7 Å². The zero-order valence-electron chi connectivity index (χ0n) is 19.1. The largest absolute Gasteiger partial charge is 0.325 e. The van der Waals surface area contributed by atoms with E-state index in [0.29, 0.717) is 23.2 Å². The van der Waals surface area contributed by atoms with Crippen LogP contribution in [0.3, 0.4) is 0 Å². The summed E-state index contributed by atoms with van der Waals surface area (Å²) < 4.78 is 28.7. The van der Waals surface area contributed by atoms with E-state index in [9.17, 15) is 13.2 Å². The van der Waals surface area contributed by atoms with Gasteiger partial charge < -0.3 is 5.32 Å². The van der Waals surface area contributed by atoms with Crippen LogP contribution in [0.15, 0.2) is 71.6 Å². The molecule has 0 aliphatic carbocycles. The average molecular weight is 451 g/mol. The number of aryl methyl sites for hydroxylation is 4. The topological polar surface area (TPSA) is 66.5 Å². The van der Waals surface area contributed by atoms with Crippen molar-refractivity contribution in [1.82, 2.24) is 4.31 Å². The van der Waals surface area contributed by atoms with Gasteiger partial charge in [0.25, 0.3) is 0 Å². The molecule has 6 heteroatoms. The normalized spacial score (nSPS) is 11.5. The molecular formula is C26H30N2O3S. The number of carbonyl (C=O) groups is 1. The van der Waals surface area contributed by atoms with Gasteiger partial charge >= 0.3 is 0 Å². The number of para-hydroxylation sites is 1. The molecule has 0 aromatic heterocycles. The Morgan fingerprint density at radius 3 is 2.06 bits per heavy atom. The van der Waals surface area contributed by atoms with Gasteiger partial charge in [0, 0.05) is 12.2 Å². The summed E-state index contributed by atoms with van der Waals surface area (Å²) in [5.74, 6) is -0.363. The Kier molecular flexibility index (Phi) is 7.48. The van der Waals surface area contributed by atoms with E-state index < -0.39 is 10.0 Å². The first-order valence-electron chi connectivity index (χ1n) is 10.7. The first kappa shape index (κ1) is 23.7. The average Bonchev–Trinajstić information content (AvgIpc) is 2.72. The van der Waals surface area contributed by atoms with E-state index in [2.05, 4.69) is 5.32 Å². The fraction of sp³-hybridized carbons (Fsp3) is 0.269. The number of sulfonamides is 1. The number of rotatable bonds is 8. The van der Waals surface area contributed by atoms with Crippen LogP contribution in [0.1, 0.15) is 27.8 Å². The summed E-state index contributed by atoms with van der Waals surface area (Å²) in [7, 11) is -3.87. The maximum atomic E-state index is 13.7. The summed E-state index contributed by atoms with van der Waals surface area (Å²) in [4.78, 5) is 13.1. The molecule has 168 valence electrons. The number of nitrogens with zero attached hydrogens (tertiary/aromatic N) is 1. The second-order valence-corrected chi connectivity index (χ2v) is 10.0. The minimum Gasteiger partial charge on any atom is -0.325 e. The number of carbonyl (C=O) groups excluding carboxylic acids is 1. The van der Waals surface area contributed by atoms with Crippen molar-refractivity contribution >= 4 is 21.6 Å². The van der Waals surface area contributed by atoms with Crippen LogP contribution >= 0.6 is 0 Å². The quantitative estimate of drug-likeness (QED) is 0.536. The number of benzene rings is 3. The molecule has 0 atom stereocenters. The zero-order chi connectivity index (χ0) is 23.3. The maximum absolute atomic E-state index is 13.7. The van der Waals surface area contributed by atoms with Gasteiger partial charge in [-0.2, -0.15) is 4.31 Å². The highest BCUT2D eigenvalue weighted by molar-refractivity contribution is 7.89. The van der Waals surface area contributed by atoms with Crippen molar-refractivity contribution in [3.63, 3.8) is 0 Å². The first-order valence-corrected chi connectivity index (χ1v) is 12.1. The first-order chi connectivity index (χ1) is 15.2. The lowest BCUT2D eigenvalue weighted by atomic mass is 10.1. The molecule has 1 amide bonds. The zero-order valence-corrected chi connectivity index (χ0v) is 19.9. The van der Waals surface area contributed by atoms with Crippen LogP contribution in [-0.2, 0) is 21.2 Å². The second kappa shape index (κ2) is 10.1. The fourth-order valence-corrected chi connectivity index (χ4v) is 5.76. The third-order valence-corrected chi connectivity index (χ3v) is 7.59. The van der Waals surface area contributed by atoms with Crippen molar-refractivity contribution in [1.29, 1.82) is 0 Å². The summed E-state index contributed by atoms with van der Waals surface area (Å²) in [5, 5.41) is 2.86. The number of hydrogen-bond acceptors (Lipinski definition) is 3. The van der Waals surface area contributed by atoms with Gasteiger partial charge in [-0.3, -0.25) is 4.79 Å². The summed E-state index contributed by atoms with van der Waals surface area (Å²) in [6.45, 7) is 7.40. The van der Waals surface area contributed by atoms with Crippen molar-refractivity contribution in [3.8, 4) is 0 Å². The number of amides is 1. The van der Waals surface area contributed by atoms with Crippen LogP contribution in [0.2, 0.25) is 0 Å². The molecule has 0 unspecified atom stereocenters. The summed E-state index contributed by atoms with van der Waals surface area (Å²) in [5.41, 5.74) is 5.00. The Hall–Kier alpha value is -2.96. The molecule has 0 aliphatic rings. The lowest BCUT2D eigenvalue weighted by molar-refractivity contribution is -0.116. The van der Waals surface area contributed by atoms with Gasteiger partial charge in [-0.05, 0) is 62.4 Å². The molecule has 32 heavy (non-hydrogen) atoms. The van der Waals surface area contributed by atoms with E-state index in [0.717, 1.165) is 16.7 Å². The van der Waals surface area contributed by atoms with Gasteiger partial charge in [0.2, 0.25) is 15.9 Å². The Morgan fingerprint density at radius 2 is 1.44 bits per heavy atom. The van der Waals surface area contributed by atoms with Gasteiger partial charge in [-0.1, -0.05) is 66.2 Å². The molecule has 0 saturated carbocycles. The number of anilines is 1. The molecule has 0 fully saturated rings. The molecule has 0 aliphatic heterocycles. The van der Waals surface area contributed by atoms with E-state index in [1.807, 2.05) is 80.6 Å². The predicted molar refractivity (Wildman–Crippen MR) is 129 cm³/mol. The Labute approximate surface area is 191 Å². The lowest BCUT2D eigenvalue weighted by Crippen LogP contribution is -2.40. The molecule has 0 heterocycles. The summed E-state index contributed by atoms with van der Waals surface area (Å²) in [6.07, 6.45) is 0.516. The van der Waals surface area contributed by atoms with Gasteiger partial charge in [-0.25, -0.2) is 8.42 Å². The Balaban J connectivity index is 1.91. The van der Waals surface area contributed by atoms with E-state index in [4.69, 9.17) is 0 Å². The Morgan fingerprint density at radius 1 is 0.844 bits per heavy atom. The minimum absolute atomic E-state index is 0.209. The van der Waals surface area contributed by atoms with Gasteiger partial charge in [0.05, 0.1) is 11.4 Å². The van der Waals surface area contributed by atoms with Crippen molar-refractivity contribution < 1.29 is 13.2 Å². The van der Waals surface area contributed by atoms with E-state index in [1.54, 1.807) is 13.8 Å². The van der Waals surface area contributed by atoms with E-state index >= 15 is 0 Å². The Bertz CT molecular complexity index is 1180. The highest BCUT2D eigenvalue weighted by Gasteiger charge is 2.29. The SMILES string of the molecule is Cc1cc(C)c(S(=O)(=O)N(CCc2ccccc2)CC(=O)Nc2ccccc2C)c(C)c1. The summed E-state index contributed by atoms with van der Waals surface area (Å²) in [6, 6.07) is 20.9. The van der Waals surface area contributed by atoms with Crippen LogP contribution in [0.4, 0.5) is 5.69 Å². The third-order valence-electron chi connectivity index (χ3n) is 5.43. The van der Waals surface area contributed by atoms with Gasteiger partial charge in [0.15, 0.2) is 0 Å². The molecule has 0 radical (unpaired) electrons. The molecule has 0 bridgehead atoms. The van der Waals surface area contributed by atoms with Gasteiger partial charge in [-0.15, -0.1) is 0 Å². The fourth-order valence-electron chi connectivity index (χ4n) is 3.95. The molecule has 0 spiro atoms. The smallest absolute Gasteiger partial charge is 0.244 e. The highest BCUT2D eigenvalue weighted by atomic mass is 32.2. The molecule has 3 rings (SSSR count). The molecule has 3 aromatic carbocycles. The number of nitrogens with one attached hydrogen (secondary N) is 1. The van der Waals surface area contributed by atoms with Crippen molar-refractivity contribution in [2.45, 2.75) is 39.0 Å². The lowest BCUT2D eigenvalue weighted by Gasteiger charge is -2.24. The third kappa shape index (κ3) is 5.64. The molecule has 1 N–H and O–H groups in total. The standard InChI is InChI=1S/C26H30N2O3S/c1-19-16-21(3)26(22(4)17-19)32(30,31)28(15-14-23-11-6-5-7-12-23)18-25(29)27-24-13-9-8-10-20(24)2/h5-13,16-17H,14-15,18H2,1-4H3,(H,27,29). The highest BCUT2D eigenvalue weighted by Crippen LogP contribution is 2.26. The molecule has 0 saturated heterocycles. The maximum Gasteiger partial charge on any atom is 0.244 e. The predicted octanol–water partition coefficient (Wildman–Crippen LogP) is 4.79. The van der Waals surface area contributed by atoms with E-state index in [1.165, 1.54) is 4.31 Å².